The first-order chi connectivity index (χ1) is 27.5. The van der Waals surface area contributed by atoms with Crippen molar-refractivity contribution in [3.05, 3.63) is 138 Å². The van der Waals surface area contributed by atoms with Crippen LogP contribution >= 0.6 is 24.0 Å². The first kappa shape index (κ1) is 58.0. The summed E-state index contributed by atoms with van der Waals surface area (Å²) in [6.45, 7) is 26.0. The topological polar surface area (TPSA) is 91.4 Å². The van der Waals surface area contributed by atoms with Gasteiger partial charge in [0.05, 0.1) is 6.33 Å². The number of rotatable bonds is 14. The Hall–Kier alpha value is -3.01. The Bertz CT molecular complexity index is 2160. The molecule has 0 bridgehead atoms. The molecule has 4 aromatic carbocycles. The second-order valence-corrected chi connectivity index (χ2v) is 27.9. The summed E-state index contributed by atoms with van der Waals surface area (Å²) in [5.74, 6) is -0.0730. The minimum Gasteiger partial charge on any atom is -0.380 e. The van der Waals surface area contributed by atoms with Crippen molar-refractivity contribution < 1.29 is 47.0 Å². The van der Waals surface area contributed by atoms with Crippen molar-refractivity contribution >= 4 is 68.0 Å². The number of nitrogens with zero attached hydrogens (tertiary/aromatic N) is 4. The molecule has 0 aliphatic rings. The van der Waals surface area contributed by atoms with Gasteiger partial charge in [0.15, 0.2) is 6.29 Å². The first-order valence-electron chi connectivity index (χ1n) is 19.9. The van der Waals surface area contributed by atoms with Crippen molar-refractivity contribution in [2.75, 3.05) is 13.2 Å². The van der Waals surface area contributed by atoms with Crippen molar-refractivity contribution in [2.45, 2.75) is 112 Å². The van der Waals surface area contributed by atoms with Crippen LogP contribution in [0.5, 0.6) is 0 Å². The van der Waals surface area contributed by atoms with Crippen LogP contribution in [0.4, 0.5) is 8.78 Å². The fourth-order valence-corrected chi connectivity index (χ4v) is 7.28. The van der Waals surface area contributed by atoms with Crippen LogP contribution < -0.4 is 18.9 Å². The van der Waals surface area contributed by atoms with Gasteiger partial charge >= 0.3 is 18.9 Å². The third-order valence-corrected chi connectivity index (χ3v) is 12.7. The Balaban J connectivity index is 0.000000897. The summed E-state index contributed by atoms with van der Waals surface area (Å²) >= 11 is 0. The second-order valence-electron chi connectivity index (χ2n) is 16.7. The Morgan fingerprint density at radius 2 is 1.33 bits per heavy atom. The quantitative estimate of drug-likeness (QED) is 0.0385. The Morgan fingerprint density at radius 1 is 0.803 bits per heavy atom. The second kappa shape index (κ2) is 28.6. The maximum absolute atomic E-state index is 14.2. The summed E-state index contributed by atoms with van der Waals surface area (Å²) in [5, 5.41) is 13.5. The number of hydrogen-bond acceptors (Lipinski definition) is 6. The van der Waals surface area contributed by atoms with Crippen molar-refractivity contribution in [1.29, 1.82) is 0 Å². The van der Waals surface area contributed by atoms with Crippen molar-refractivity contribution in [3.63, 3.8) is 0 Å². The molecule has 1 N–H and O–H groups in total. The summed E-state index contributed by atoms with van der Waals surface area (Å²) in [6.07, 6.45) is 11.0. The zero-order chi connectivity index (χ0) is 42.9. The number of aldehydes is 1. The van der Waals surface area contributed by atoms with Gasteiger partial charge in [-0.15, -0.1) is 24.0 Å². The number of carbonyl (C=O) groups is 1. The molecule has 1 atom stereocenters. The number of benzene rings is 4. The van der Waals surface area contributed by atoms with Gasteiger partial charge in [-0.1, -0.05) is 103 Å². The molecule has 8 nitrogen and oxygen atoms in total. The third kappa shape index (κ3) is 19.1. The molecule has 1 unspecified atom stereocenters. The Labute approximate surface area is 395 Å². The van der Waals surface area contributed by atoms with E-state index in [4.69, 9.17) is 9.47 Å². The van der Waals surface area contributed by atoms with E-state index in [-0.39, 0.29) is 61.9 Å². The van der Waals surface area contributed by atoms with Crippen LogP contribution in [0.3, 0.4) is 0 Å². The predicted molar refractivity (Wildman–Crippen MR) is 262 cm³/mol. The molecule has 6 rings (SSSR count). The minimum absolute atomic E-state index is 0. The van der Waals surface area contributed by atoms with Crippen LogP contribution in [0.15, 0.2) is 91.8 Å². The molecule has 14 heteroatoms. The number of ether oxygens (including phenoxy) is 2. The molecule has 0 spiro atoms. The van der Waals surface area contributed by atoms with Gasteiger partial charge in [-0.05, 0) is 71.6 Å². The van der Waals surface area contributed by atoms with Crippen LogP contribution in [0.1, 0.15) is 66.2 Å². The largest absolute Gasteiger partial charge is 1.00 e. The molecule has 0 amide bonds. The molecule has 0 saturated heterocycles. The number of fused-ring (bicyclic) bond motifs is 2. The number of carbonyl (C=O) groups excluding carboxylic acids is 1. The fraction of sp³-hybridized carbons (Fsp3) is 0.404. The van der Waals surface area contributed by atoms with E-state index in [1.165, 1.54) is 30.7 Å². The van der Waals surface area contributed by atoms with Crippen LogP contribution in [-0.2, 0) is 22.9 Å². The van der Waals surface area contributed by atoms with E-state index in [2.05, 4.69) is 63.1 Å². The number of aliphatic hydroxyl groups is 1. The summed E-state index contributed by atoms with van der Waals surface area (Å²) < 4.78 is 42.6. The zero-order valence-electron chi connectivity index (χ0n) is 37.3. The smallest absolute Gasteiger partial charge is 0.380 e. The summed E-state index contributed by atoms with van der Waals surface area (Å²) in [4.78, 5) is 19.0. The van der Waals surface area contributed by atoms with Crippen LogP contribution in [0.25, 0.3) is 21.5 Å². The molecule has 61 heavy (non-hydrogen) atoms. The minimum atomic E-state index is -1.14. The Kier molecular flexibility index (Phi) is 27.2. The SMILES string of the molecule is C.C[Si](C)(C)CCOCn1ccnc1.Cc1cccc2c(F)ccc(C(O)c3nccn3COCC[Si](C)(C)C)c12.Cc1cccc2c(F)ccc(C=O)c12.I.[CH2-]CCC.[Li+]. The van der Waals surface area contributed by atoms with Gasteiger partial charge in [0, 0.05) is 70.5 Å². The van der Waals surface area contributed by atoms with E-state index in [1.54, 1.807) is 49.2 Å². The normalized spacial score (nSPS) is 11.3. The van der Waals surface area contributed by atoms with E-state index < -0.39 is 22.3 Å². The molecule has 0 saturated carbocycles. The Morgan fingerprint density at radius 3 is 1.84 bits per heavy atom. The number of aliphatic hydroxyl groups excluding tert-OH is 1. The zero-order valence-corrected chi connectivity index (χ0v) is 41.6. The van der Waals surface area contributed by atoms with Gasteiger partial charge in [0.25, 0.3) is 0 Å². The average Bonchev–Trinajstić information content (AvgIpc) is 3.89. The molecule has 0 fully saturated rings. The molecule has 0 aliphatic heterocycles. The molecular formula is C47H68F2ILiN4O4Si2. The van der Waals surface area contributed by atoms with E-state index >= 15 is 0 Å². The molecular weight excluding hydrogens is 913 g/mol. The third-order valence-electron chi connectivity index (χ3n) is 9.25. The first-order valence-corrected chi connectivity index (χ1v) is 27.3. The number of hydrogen-bond donors (Lipinski definition) is 1. The number of halogens is 3. The molecule has 330 valence electrons. The maximum atomic E-state index is 14.2. The average molecular weight is 981 g/mol. The van der Waals surface area contributed by atoms with Gasteiger partial charge in [-0.3, -0.25) is 4.79 Å². The molecule has 2 aromatic heterocycles. The number of aromatic nitrogens is 4. The molecule has 2 heterocycles. The van der Waals surface area contributed by atoms with Gasteiger partial charge in [-0.25, -0.2) is 18.7 Å². The number of aryl methyl sites for hydroxylation is 2. The van der Waals surface area contributed by atoms with E-state index in [9.17, 15) is 18.7 Å². The van der Waals surface area contributed by atoms with Crippen molar-refractivity contribution in [2.24, 2.45) is 0 Å². The predicted octanol–water partition coefficient (Wildman–Crippen LogP) is 10.1. The van der Waals surface area contributed by atoms with E-state index in [1.807, 2.05) is 47.4 Å². The number of unbranched alkanes of at least 4 members (excludes halogenated alkanes) is 1. The van der Waals surface area contributed by atoms with Gasteiger partial charge in [0.1, 0.15) is 37.0 Å². The van der Waals surface area contributed by atoms with Crippen molar-refractivity contribution in [3.8, 4) is 0 Å². The molecule has 0 aliphatic carbocycles. The van der Waals surface area contributed by atoms with Crippen LogP contribution in [0.2, 0.25) is 51.4 Å². The molecule has 6 aromatic rings. The summed E-state index contributed by atoms with van der Waals surface area (Å²) in [7, 11) is -2.07. The van der Waals surface area contributed by atoms with E-state index in [0.717, 1.165) is 41.9 Å². The van der Waals surface area contributed by atoms with Gasteiger partial charge in [0.2, 0.25) is 0 Å². The standard InChI is InChI=1S/C21H27FN2O2Si.C12H9FO.C9H18N2OSi.C4H9.CH4.HI.Li/c1-15-6-5-7-16-18(22)9-8-17(19(15)16)20(25)21-23-10-11-24(21)14-26-12-13-27(2,3)4;1-8-3-2-4-10-11(13)6-5-9(7-14)12(8)10;1-13(2,3)7-6-12-9-11-5-4-10-8-11;1-3-4-2;;;/h5-11,20,25H,12-14H2,1-4H3;2-7H,1H3;4-5,8H,6-7,9H2,1-3H3;1,3-4H2,2H3;1H4;1H;/q;;;-1;;;+1. The van der Waals surface area contributed by atoms with Crippen molar-refractivity contribution in [1.82, 2.24) is 19.1 Å². The number of imidazole rings is 2. The van der Waals surface area contributed by atoms with Crippen LogP contribution in [0, 0.1) is 32.4 Å². The van der Waals surface area contributed by atoms with Gasteiger partial charge in [-0.2, -0.15) is 6.42 Å². The van der Waals surface area contributed by atoms with Gasteiger partial charge < -0.3 is 30.6 Å². The molecule has 0 radical (unpaired) electrons. The monoisotopic (exact) mass is 980 g/mol. The summed E-state index contributed by atoms with van der Waals surface area (Å²) in [5.41, 5.74) is 3.04. The summed E-state index contributed by atoms with van der Waals surface area (Å²) in [6, 6.07) is 19.0. The fourth-order valence-electron chi connectivity index (χ4n) is 5.77. The van der Waals surface area contributed by atoms with E-state index in [0.29, 0.717) is 53.2 Å². The maximum Gasteiger partial charge on any atom is 1.00 e. The van der Waals surface area contributed by atoms with Crippen LogP contribution in [-0.4, -0.2) is 59.9 Å².